The van der Waals surface area contributed by atoms with Gasteiger partial charge < -0.3 is 4.90 Å². The minimum Gasteiger partial charge on any atom is -0.357 e. The summed E-state index contributed by atoms with van der Waals surface area (Å²) in [6.45, 7) is 2.59. The van der Waals surface area contributed by atoms with Gasteiger partial charge in [0.1, 0.15) is 10.7 Å². The SMILES string of the molecule is Cc1csc([C@@H]2CCCCN2c2ccc([N+](=O)[O-])cc2[N+](=O)[O-])n1. The van der Waals surface area contributed by atoms with Gasteiger partial charge in [0.05, 0.1) is 22.0 Å². The van der Waals surface area contributed by atoms with E-state index in [4.69, 9.17) is 0 Å². The Morgan fingerprint density at radius 2 is 2.04 bits per heavy atom. The smallest absolute Gasteiger partial charge is 0.299 e. The molecule has 9 heteroatoms. The molecule has 8 nitrogen and oxygen atoms in total. The van der Waals surface area contributed by atoms with Crippen LogP contribution in [-0.4, -0.2) is 21.4 Å². The van der Waals surface area contributed by atoms with Crippen molar-refractivity contribution in [2.75, 3.05) is 11.4 Å². The van der Waals surface area contributed by atoms with Crippen molar-refractivity contribution in [3.8, 4) is 0 Å². The zero-order valence-corrected chi connectivity index (χ0v) is 13.9. The third-order valence-corrected chi connectivity index (χ3v) is 5.16. The molecule has 0 radical (unpaired) electrons. The van der Waals surface area contributed by atoms with Gasteiger partial charge in [-0.15, -0.1) is 11.3 Å². The maximum Gasteiger partial charge on any atom is 0.299 e. The maximum atomic E-state index is 11.4. The number of nitrogens with zero attached hydrogens (tertiary/aromatic N) is 4. The van der Waals surface area contributed by atoms with Crippen molar-refractivity contribution < 1.29 is 9.85 Å². The molecular formula is C15H16N4O4S. The molecule has 2 aromatic rings. The molecule has 1 aromatic carbocycles. The van der Waals surface area contributed by atoms with Crippen molar-refractivity contribution in [3.05, 3.63) is 54.5 Å². The van der Waals surface area contributed by atoms with Crippen LogP contribution in [-0.2, 0) is 0 Å². The van der Waals surface area contributed by atoms with Gasteiger partial charge in [-0.25, -0.2) is 4.98 Å². The zero-order chi connectivity index (χ0) is 17.3. The Kier molecular flexibility index (Phi) is 4.43. The average molecular weight is 348 g/mol. The number of hydrogen-bond acceptors (Lipinski definition) is 7. The second-order valence-corrected chi connectivity index (χ2v) is 6.61. The van der Waals surface area contributed by atoms with Crippen LogP contribution in [0.1, 0.15) is 36.0 Å². The molecule has 1 aliphatic heterocycles. The first-order valence-electron chi connectivity index (χ1n) is 7.59. The zero-order valence-electron chi connectivity index (χ0n) is 13.0. The lowest BCUT2D eigenvalue weighted by atomic mass is 10.0. The highest BCUT2D eigenvalue weighted by Crippen LogP contribution is 2.41. The van der Waals surface area contributed by atoms with Gasteiger partial charge in [0.2, 0.25) is 0 Å². The molecule has 0 spiro atoms. The molecule has 126 valence electrons. The third-order valence-electron chi connectivity index (χ3n) is 4.10. The first-order valence-corrected chi connectivity index (χ1v) is 8.47. The summed E-state index contributed by atoms with van der Waals surface area (Å²) in [4.78, 5) is 27.7. The summed E-state index contributed by atoms with van der Waals surface area (Å²) in [5.74, 6) is 0. The normalized spacial score (nSPS) is 17.7. The van der Waals surface area contributed by atoms with Gasteiger partial charge in [0, 0.05) is 23.7 Å². The monoisotopic (exact) mass is 348 g/mol. The van der Waals surface area contributed by atoms with Crippen LogP contribution in [0.4, 0.5) is 17.1 Å². The molecule has 0 saturated carbocycles. The van der Waals surface area contributed by atoms with Crippen LogP contribution >= 0.6 is 11.3 Å². The number of aryl methyl sites for hydroxylation is 1. The first kappa shape index (κ1) is 16.3. The summed E-state index contributed by atoms with van der Waals surface area (Å²) in [6, 6.07) is 3.81. The lowest BCUT2D eigenvalue weighted by molar-refractivity contribution is -0.393. The Labute approximate surface area is 142 Å². The molecule has 3 rings (SSSR count). The molecule has 0 amide bonds. The first-order chi connectivity index (χ1) is 11.5. The van der Waals surface area contributed by atoms with Crippen LogP contribution in [0.5, 0.6) is 0 Å². The Bertz CT molecular complexity index is 792. The number of anilines is 1. The number of benzene rings is 1. The molecule has 1 aromatic heterocycles. The fourth-order valence-electron chi connectivity index (χ4n) is 3.02. The van der Waals surface area contributed by atoms with E-state index in [1.165, 1.54) is 12.1 Å². The Morgan fingerprint density at radius 1 is 1.25 bits per heavy atom. The fourth-order valence-corrected chi connectivity index (χ4v) is 3.96. The Morgan fingerprint density at radius 3 is 2.67 bits per heavy atom. The topological polar surface area (TPSA) is 102 Å². The Hall–Kier alpha value is -2.55. The van der Waals surface area contributed by atoms with Crippen LogP contribution in [0.25, 0.3) is 0 Å². The van der Waals surface area contributed by atoms with E-state index in [2.05, 4.69) is 4.98 Å². The van der Waals surface area contributed by atoms with E-state index < -0.39 is 9.85 Å². The van der Waals surface area contributed by atoms with Gasteiger partial charge >= 0.3 is 0 Å². The van der Waals surface area contributed by atoms with Crippen molar-refractivity contribution in [1.82, 2.24) is 4.98 Å². The fraction of sp³-hybridized carbons (Fsp3) is 0.400. The highest BCUT2D eigenvalue weighted by molar-refractivity contribution is 7.09. The maximum absolute atomic E-state index is 11.4. The summed E-state index contributed by atoms with van der Waals surface area (Å²) < 4.78 is 0. The van der Waals surface area contributed by atoms with Crippen LogP contribution in [0.3, 0.4) is 0 Å². The lowest BCUT2D eigenvalue weighted by Crippen LogP contribution is -2.33. The van der Waals surface area contributed by atoms with Gasteiger partial charge in [-0.2, -0.15) is 0 Å². The van der Waals surface area contributed by atoms with E-state index in [1.807, 2.05) is 17.2 Å². The van der Waals surface area contributed by atoms with Gasteiger partial charge in [0.25, 0.3) is 11.4 Å². The lowest BCUT2D eigenvalue weighted by Gasteiger charge is -2.35. The number of rotatable bonds is 4. The molecule has 2 heterocycles. The summed E-state index contributed by atoms with van der Waals surface area (Å²) in [6.07, 6.45) is 2.82. The summed E-state index contributed by atoms with van der Waals surface area (Å²) >= 11 is 1.55. The predicted molar refractivity (Wildman–Crippen MR) is 90.5 cm³/mol. The third kappa shape index (κ3) is 3.07. The number of piperidine rings is 1. The second-order valence-electron chi connectivity index (χ2n) is 5.72. The van der Waals surface area contributed by atoms with Crippen LogP contribution in [0.2, 0.25) is 0 Å². The standard InChI is InChI=1S/C15H16N4O4S/c1-10-9-24-15(16-10)13-4-2-3-7-17(13)12-6-5-11(18(20)21)8-14(12)19(22)23/h5-6,8-9,13H,2-4,7H2,1H3/t13-/m0/s1. The van der Waals surface area contributed by atoms with Gasteiger partial charge in [-0.05, 0) is 32.3 Å². The number of hydrogen-bond donors (Lipinski definition) is 0. The second kappa shape index (κ2) is 6.52. The van der Waals surface area contributed by atoms with Crippen molar-refractivity contribution >= 4 is 28.4 Å². The van der Waals surface area contributed by atoms with Gasteiger partial charge in [-0.1, -0.05) is 0 Å². The van der Waals surface area contributed by atoms with Crippen molar-refractivity contribution in [3.63, 3.8) is 0 Å². The number of aromatic nitrogens is 1. The minimum absolute atomic E-state index is 0.0300. The number of nitro benzene ring substituents is 2. The largest absolute Gasteiger partial charge is 0.357 e. The molecule has 1 fully saturated rings. The molecule has 0 N–H and O–H groups in total. The summed E-state index contributed by atoms with van der Waals surface area (Å²) in [5.41, 5.74) is 0.843. The summed E-state index contributed by atoms with van der Waals surface area (Å²) in [7, 11) is 0. The van der Waals surface area contributed by atoms with Crippen molar-refractivity contribution in [2.24, 2.45) is 0 Å². The Balaban J connectivity index is 2.04. The highest BCUT2D eigenvalue weighted by atomic mass is 32.1. The van der Waals surface area contributed by atoms with E-state index in [0.717, 1.165) is 36.0 Å². The molecule has 0 aliphatic carbocycles. The quantitative estimate of drug-likeness (QED) is 0.611. The van der Waals surface area contributed by atoms with Gasteiger partial charge in [0.15, 0.2) is 0 Å². The van der Waals surface area contributed by atoms with E-state index in [1.54, 1.807) is 11.3 Å². The molecular weight excluding hydrogens is 332 g/mol. The van der Waals surface area contributed by atoms with E-state index in [9.17, 15) is 20.2 Å². The van der Waals surface area contributed by atoms with Crippen LogP contribution in [0, 0.1) is 27.2 Å². The minimum atomic E-state index is -0.616. The van der Waals surface area contributed by atoms with E-state index in [-0.39, 0.29) is 17.4 Å². The molecule has 1 atom stereocenters. The molecule has 1 aliphatic rings. The van der Waals surface area contributed by atoms with Gasteiger partial charge in [-0.3, -0.25) is 20.2 Å². The molecule has 0 bridgehead atoms. The van der Waals surface area contributed by atoms with Crippen LogP contribution in [0.15, 0.2) is 23.6 Å². The summed E-state index contributed by atoms with van der Waals surface area (Å²) in [5, 5.41) is 25.2. The average Bonchev–Trinajstić information content (AvgIpc) is 3.00. The van der Waals surface area contributed by atoms with Crippen molar-refractivity contribution in [1.29, 1.82) is 0 Å². The highest BCUT2D eigenvalue weighted by Gasteiger charge is 2.32. The number of nitro groups is 2. The molecule has 0 unspecified atom stereocenters. The number of non-ortho nitro benzene ring substituents is 1. The van der Waals surface area contributed by atoms with E-state index >= 15 is 0 Å². The van der Waals surface area contributed by atoms with Crippen LogP contribution < -0.4 is 4.90 Å². The predicted octanol–water partition coefficient (Wildman–Crippen LogP) is 4.00. The number of thiazole rings is 1. The van der Waals surface area contributed by atoms with Crippen molar-refractivity contribution in [2.45, 2.75) is 32.2 Å². The van der Waals surface area contributed by atoms with E-state index in [0.29, 0.717) is 12.2 Å². The molecule has 1 saturated heterocycles. The molecule has 24 heavy (non-hydrogen) atoms.